The molecule has 0 fully saturated rings. The fourth-order valence-corrected chi connectivity index (χ4v) is 1.15. The molecule has 0 saturated carbocycles. The van der Waals surface area contributed by atoms with Gasteiger partial charge in [0.1, 0.15) is 6.61 Å². The fourth-order valence-electron chi connectivity index (χ4n) is 1.15. The maximum Gasteiger partial charge on any atom is 0.339 e. The lowest BCUT2D eigenvalue weighted by Crippen LogP contribution is -2.44. The molecular weight excluding hydrogens is 244 g/mol. The van der Waals surface area contributed by atoms with E-state index in [9.17, 15) is 19.5 Å². The van der Waals surface area contributed by atoms with Crippen LogP contribution in [0.2, 0.25) is 0 Å². The van der Waals surface area contributed by atoms with Crippen LogP contribution in [0.25, 0.3) is 0 Å². The van der Waals surface area contributed by atoms with Crippen LogP contribution in [0.5, 0.6) is 0 Å². The highest BCUT2D eigenvalue weighted by atomic mass is 16.6. The molecule has 0 aliphatic carbocycles. The van der Waals surface area contributed by atoms with Gasteiger partial charge in [0.25, 0.3) is 0 Å². The molecule has 0 radical (unpaired) electrons. The van der Waals surface area contributed by atoms with Crippen LogP contribution in [0.4, 0.5) is 0 Å². The van der Waals surface area contributed by atoms with Crippen molar-refractivity contribution >= 4 is 17.9 Å². The van der Waals surface area contributed by atoms with Crippen molar-refractivity contribution in [3.05, 3.63) is 12.7 Å². The minimum Gasteiger partial charge on any atom is -0.469 e. The van der Waals surface area contributed by atoms with E-state index >= 15 is 0 Å². The molecule has 1 N–H and O–H groups in total. The van der Waals surface area contributed by atoms with E-state index in [2.05, 4.69) is 20.8 Å². The fraction of sp³-hybridized carbons (Fsp3) is 0.545. The lowest BCUT2D eigenvalue weighted by Gasteiger charge is -2.22. The van der Waals surface area contributed by atoms with Crippen LogP contribution in [0.15, 0.2) is 12.7 Å². The van der Waals surface area contributed by atoms with Crippen molar-refractivity contribution in [2.24, 2.45) is 0 Å². The number of ether oxygens (including phenoxy) is 3. The first-order valence-electron chi connectivity index (χ1n) is 5.03. The Morgan fingerprint density at radius 2 is 1.72 bits per heavy atom. The smallest absolute Gasteiger partial charge is 0.339 e. The van der Waals surface area contributed by atoms with E-state index < -0.39 is 36.4 Å². The maximum absolute atomic E-state index is 11.4. The highest BCUT2D eigenvalue weighted by Gasteiger charge is 2.42. The Labute approximate surface area is 104 Å². The minimum atomic E-state index is -2.29. The van der Waals surface area contributed by atoms with Crippen molar-refractivity contribution in [2.75, 3.05) is 20.8 Å². The van der Waals surface area contributed by atoms with Crippen LogP contribution in [-0.2, 0) is 28.6 Å². The number of aliphatic hydroxyl groups is 1. The molecule has 0 aromatic carbocycles. The standard InChI is InChI=1S/C11H16O7/c1-4-5-18-9(13)7-11(15,10(14)17-3)6-8(12)16-2/h4,15H,1,5-7H2,2-3H3. The van der Waals surface area contributed by atoms with Gasteiger partial charge in [-0.15, -0.1) is 0 Å². The number of methoxy groups -OCH3 is 2. The van der Waals surface area contributed by atoms with Gasteiger partial charge < -0.3 is 19.3 Å². The van der Waals surface area contributed by atoms with Gasteiger partial charge in [-0.1, -0.05) is 12.7 Å². The van der Waals surface area contributed by atoms with E-state index in [1.54, 1.807) is 0 Å². The van der Waals surface area contributed by atoms with Gasteiger partial charge in [0.05, 0.1) is 27.1 Å². The highest BCUT2D eigenvalue weighted by molar-refractivity contribution is 5.89. The van der Waals surface area contributed by atoms with Gasteiger partial charge in [0, 0.05) is 0 Å². The van der Waals surface area contributed by atoms with Gasteiger partial charge in [-0.2, -0.15) is 0 Å². The summed E-state index contributed by atoms with van der Waals surface area (Å²) in [5.41, 5.74) is -2.29. The minimum absolute atomic E-state index is 0.0612. The second kappa shape index (κ2) is 7.44. The quantitative estimate of drug-likeness (QED) is 0.377. The molecular formula is C11H16O7. The molecule has 0 heterocycles. The van der Waals surface area contributed by atoms with Gasteiger partial charge >= 0.3 is 17.9 Å². The summed E-state index contributed by atoms with van der Waals surface area (Å²) in [7, 11) is 2.12. The summed E-state index contributed by atoms with van der Waals surface area (Å²) < 4.78 is 13.3. The molecule has 7 nitrogen and oxygen atoms in total. The third-order valence-corrected chi connectivity index (χ3v) is 2.03. The molecule has 0 aliphatic rings. The molecule has 1 atom stereocenters. The molecule has 18 heavy (non-hydrogen) atoms. The summed E-state index contributed by atoms with van der Waals surface area (Å²) in [6.45, 7) is 3.28. The van der Waals surface area contributed by atoms with Crippen LogP contribution in [-0.4, -0.2) is 49.4 Å². The van der Waals surface area contributed by atoms with Crippen molar-refractivity contribution < 1.29 is 33.7 Å². The van der Waals surface area contributed by atoms with Gasteiger partial charge in [-0.25, -0.2) is 4.79 Å². The first-order chi connectivity index (χ1) is 8.39. The lowest BCUT2D eigenvalue weighted by molar-refractivity contribution is -0.174. The third-order valence-electron chi connectivity index (χ3n) is 2.03. The Morgan fingerprint density at radius 1 is 1.17 bits per heavy atom. The molecule has 0 rings (SSSR count). The average molecular weight is 260 g/mol. The van der Waals surface area contributed by atoms with Crippen LogP contribution >= 0.6 is 0 Å². The van der Waals surface area contributed by atoms with Gasteiger partial charge in [-0.05, 0) is 0 Å². The van der Waals surface area contributed by atoms with Crippen molar-refractivity contribution in [3.63, 3.8) is 0 Å². The van der Waals surface area contributed by atoms with Crippen molar-refractivity contribution in [1.82, 2.24) is 0 Å². The highest BCUT2D eigenvalue weighted by Crippen LogP contribution is 2.19. The molecule has 0 aromatic heterocycles. The zero-order chi connectivity index (χ0) is 14.2. The number of rotatable bonds is 7. The van der Waals surface area contributed by atoms with E-state index in [4.69, 9.17) is 0 Å². The monoisotopic (exact) mass is 260 g/mol. The number of carbonyl (C=O) groups is 3. The van der Waals surface area contributed by atoms with Gasteiger partial charge in [0.2, 0.25) is 0 Å². The van der Waals surface area contributed by atoms with Crippen molar-refractivity contribution in [2.45, 2.75) is 18.4 Å². The molecule has 0 amide bonds. The summed E-state index contributed by atoms with van der Waals surface area (Å²) in [6, 6.07) is 0. The van der Waals surface area contributed by atoms with E-state index in [0.717, 1.165) is 14.2 Å². The Bertz CT molecular complexity index is 336. The Morgan fingerprint density at radius 3 is 2.17 bits per heavy atom. The molecule has 1 unspecified atom stereocenters. The van der Waals surface area contributed by atoms with Gasteiger partial charge in [0.15, 0.2) is 5.60 Å². The molecule has 0 aliphatic heterocycles. The molecule has 0 saturated heterocycles. The van der Waals surface area contributed by atoms with Crippen LogP contribution in [0.3, 0.4) is 0 Å². The van der Waals surface area contributed by atoms with E-state index in [1.165, 1.54) is 6.08 Å². The lowest BCUT2D eigenvalue weighted by atomic mass is 9.96. The summed E-state index contributed by atoms with van der Waals surface area (Å²) in [5, 5.41) is 9.95. The second-order valence-corrected chi connectivity index (χ2v) is 3.42. The maximum atomic E-state index is 11.4. The van der Waals surface area contributed by atoms with E-state index in [0.29, 0.717) is 0 Å². The molecule has 0 aromatic rings. The van der Waals surface area contributed by atoms with E-state index in [1.807, 2.05) is 0 Å². The van der Waals surface area contributed by atoms with Crippen molar-refractivity contribution in [1.29, 1.82) is 0 Å². The Hall–Kier alpha value is -1.89. The summed E-state index contributed by atoms with van der Waals surface area (Å²) in [5.74, 6) is -2.81. The Kier molecular flexibility index (Phi) is 6.66. The predicted octanol–water partition coefficient (Wildman–Crippen LogP) is -0.427. The largest absolute Gasteiger partial charge is 0.469 e. The zero-order valence-corrected chi connectivity index (χ0v) is 10.3. The number of hydrogen-bond donors (Lipinski definition) is 1. The normalized spacial score (nSPS) is 13.1. The third kappa shape index (κ3) is 4.96. The predicted molar refractivity (Wildman–Crippen MR) is 59.4 cm³/mol. The Balaban J connectivity index is 4.76. The number of esters is 3. The summed E-state index contributed by atoms with van der Waals surface area (Å²) in [6.07, 6.45) is -0.0720. The SMILES string of the molecule is C=CCOC(=O)CC(O)(CC(=O)OC)C(=O)OC. The zero-order valence-electron chi connectivity index (χ0n) is 10.3. The summed E-state index contributed by atoms with van der Waals surface area (Å²) >= 11 is 0. The van der Waals surface area contributed by atoms with Crippen LogP contribution in [0.1, 0.15) is 12.8 Å². The number of carbonyl (C=O) groups excluding carboxylic acids is 3. The van der Waals surface area contributed by atoms with Gasteiger partial charge in [-0.3, -0.25) is 9.59 Å². The first-order valence-corrected chi connectivity index (χ1v) is 5.03. The topological polar surface area (TPSA) is 99.1 Å². The molecule has 0 bridgehead atoms. The summed E-state index contributed by atoms with van der Waals surface area (Å²) in [4.78, 5) is 33.8. The second-order valence-electron chi connectivity index (χ2n) is 3.42. The van der Waals surface area contributed by atoms with Crippen molar-refractivity contribution in [3.8, 4) is 0 Å². The molecule has 102 valence electrons. The van der Waals surface area contributed by atoms with Crippen LogP contribution in [0, 0.1) is 0 Å². The van der Waals surface area contributed by atoms with Crippen LogP contribution < -0.4 is 0 Å². The first kappa shape index (κ1) is 16.1. The molecule has 7 heteroatoms. The number of hydrogen-bond acceptors (Lipinski definition) is 7. The molecule has 0 spiro atoms. The average Bonchev–Trinajstić information content (AvgIpc) is 2.34. The van der Waals surface area contributed by atoms with E-state index in [-0.39, 0.29) is 6.61 Å².